The van der Waals surface area contributed by atoms with E-state index >= 15 is 0 Å². The second kappa shape index (κ2) is 7.58. The van der Waals surface area contributed by atoms with Crippen molar-refractivity contribution in [2.45, 2.75) is 31.4 Å². The van der Waals surface area contributed by atoms with Crippen molar-refractivity contribution in [3.8, 4) is 0 Å². The highest BCUT2D eigenvalue weighted by atomic mass is 32.2. The van der Waals surface area contributed by atoms with E-state index in [1.165, 1.54) is 19.3 Å². The number of rotatable bonds is 7. The van der Waals surface area contributed by atoms with E-state index < -0.39 is 10.8 Å². The molecule has 0 aromatic heterocycles. The molecule has 1 amide bonds. The number of nitrogens with one attached hydrogen (secondary N) is 1. The number of methoxy groups -OCH3 is 1. The Kier molecular flexibility index (Phi) is 5.49. The number of ether oxygens (including phenoxy) is 1. The number of carbonyl (C=O) groups is 1. The fraction of sp³-hybridized carbons (Fsp3) is 0.611. The lowest BCUT2D eigenvalue weighted by Crippen LogP contribution is -2.27. The lowest BCUT2D eigenvalue weighted by molar-refractivity contribution is -0.121. The molecular formula is C18H25NO3S. The summed E-state index contributed by atoms with van der Waals surface area (Å²) in [6, 6.07) is 7.72. The minimum absolute atomic E-state index is 0.162. The van der Waals surface area contributed by atoms with Gasteiger partial charge in [0.15, 0.2) is 0 Å². The quantitative estimate of drug-likeness (QED) is 0.833. The average molecular weight is 335 g/mol. The Bertz CT molecular complexity index is 589. The molecule has 5 heteroatoms. The van der Waals surface area contributed by atoms with Gasteiger partial charge in [-0.05, 0) is 48.8 Å². The molecule has 126 valence electrons. The zero-order valence-electron chi connectivity index (χ0n) is 13.6. The largest absolute Gasteiger partial charge is 0.384 e. The maximum atomic E-state index is 12.5. The van der Waals surface area contributed by atoms with E-state index in [9.17, 15) is 9.00 Å². The summed E-state index contributed by atoms with van der Waals surface area (Å²) in [7, 11) is 0.681. The SMILES string of the molecule is COCC[S@@](=O)Cc1cccc(NC(=O)[C@@H]2C[C@H]3CC[C@H]2C3)c1. The summed E-state index contributed by atoms with van der Waals surface area (Å²) in [5.41, 5.74) is 1.81. The number of amides is 1. The molecule has 0 aliphatic heterocycles. The van der Waals surface area contributed by atoms with E-state index in [1.54, 1.807) is 7.11 Å². The van der Waals surface area contributed by atoms with Crippen molar-refractivity contribution in [2.24, 2.45) is 17.8 Å². The van der Waals surface area contributed by atoms with Gasteiger partial charge in [0.25, 0.3) is 0 Å². The van der Waals surface area contributed by atoms with Crippen LogP contribution in [0.1, 0.15) is 31.2 Å². The van der Waals surface area contributed by atoms with Gasteiger partial charge in [0.05, 0.1) is 6.61 Å². The number of hydrogen-bond donors (Lipinski definition) is 1. The lowest BCUT2D eigenvalue weighted by Gasteiger charge is -2.21. The second-order valence-corrected chi connectivity index (χ2v) is 8.33. The normalized spacial score (nSPS) is 27.1. The van der Waals surface area contributed by atoms with Gasteiger partial charge in [0.1, 0.15) is 0 Å². The molecule has 0 saturated heterocycles. The minimum Gasteiger partial charge on any atom is -0.384 e. The van der Waals surface area contributed by atoms with Crippen LogP contribution in [-0.4, -0.2) is 29.6 Å². The van der Waals surface area contributed by atoms with Crippen LogP contribution in [0.4, 0.5) is 5.69 Å². The van der Waals surface area contributed by atoms with Crippen molar-refractivity contribution in [1.82, 2.24) is 0 Å². The molecule has 1 aromatic carbocycles. The van der Waals surface area contributed by atoms with Crippen LogP contribution in [0, 0.1) is 17.8 Å². The van der Waals surface area contributed by atoms with Gasteiger partial charge in [0, 0.05) is 41.0 Å². The highest BCUT2D eigenvalue weighted by Gasteiger charge is 2.42. The molecule has 0 heterocycles. The molecular weight excluding hydrogens is 310 g/mol. The maximum Gasteiger partial charge on any atom is 0.227 e. The van der Waals surface area contributed by atoms with E-state index in [4.69, 9.17) is 4.74 Å². The van der Waals surface area contributed by atoms with E-state index in [0.29, 0.717) is 24.0 Å². The second-order valence-electron chi connectivity index (χ2n) is 6.75. The van der Waals surface area contributed by atoms with E-state index in [2.05, 4.69) is 5.32 Å². The van der Waals surface area contributed by atoms with Crippen LogP contribution in [0.25, 0.3) is 0 Å². The molecule has 0 spiro atoms. The molecule has 1 aromatic rings. The number of fused-ring (bicyclic) bond motifs is 2. The van der Waals surface area contributed by atoms with Gasteiger partial charge in [-0.3, -0.25) is 9.00 Å². The molecule has 1 N–H and O–H groups in total. The highest BCUT2D eigenvalue weighted by molar-refractivity contribution is 7.84. The summed E-state index contributed by atoms with van der Waals surface area (Å²) in [6.45, 7) is 0.507. The smallest absolute Gasteiger partial charge is 0.227 e. The molecule has 4 atom stereocenters. The Hall–Kier alpha value is -1.20. The van der Waals surface area contributed by atoms with Crippen molar-refractivity contribution in [1.29, 1.82) is 0 Å². The van der Waals surface area contributed by atoms with Gasteiger partial charge in [-0.15, -0.1) is 0 Å². The molecule has 3 rings (SSSR count). The van der Waals surface area contributed by atoms with Gasteiger partial charge < -0.3 is 10.1 Å². The molecule has 2 fully saturated rings. The van der Waals surface area contributed by atoms with Crippen LogP contribution in [0.5, 0.6) is 0 Å². The molecule has 2 saturated carbocycles. The molecule has 4 nitrogen and oxygen atoms in total. The van der Waals surface area contributed by atoms with Crippen molar-refractivity contribution < 1.29 is 13.7 Å². The fourth-order valence-electron chi connectivity index (χ4n) is 3.97. The summed E-state index contributed by atoms with van der Waals surface area (Å²) in [5, 5.41) is 3.06. The van der Waals surface area contributed by atoms with E-state index in [1.807, 2.05) is 24.3 Å². The van der Waals surface area contributed by atoms with Crippen LogP contribution in [0.15, 0.2) is 24.3 Å². The predicted octanol–water partition coefficient (Wildman–Crippen LogP) is 2.96. The Labute approximate surface area is 140 Å². The third-order valence-corrected chi connectivity index (χ3v) is 6.39. The Morgan fingerprint density at radius 2 is 2.22 bits per heavy atom. The van der Waals surface area contributed by atoms with Gasteiger partial charge in [-0.2, -0.15) is 0 Å². The van der Waals surface area contributed by atoms with Crippen LogP contribution < -0.4 is 5.32 Å². The summed E-state index contributed by atoms with van der Waals surface area (Å²) in [6.07, 6.45) is 4.80. The third kappa shape index (κ3) is 4.21. The van der Waals surface area contributed by atoms with Crippen molar-refractivity contribution in [2.75, 3.05) is 24.8 Å². The topological polar surface area (TPSA) is 55.4 Å². The number of carbonyl (C=O) groups excluding carboxylic acids is 1. The lowest BCUT2D eigenvalue weighted by atomic mass is 9.88. The van der Waals surface area contributed by atoms with Crippen molar-refractivity contribution in [3.63, 3.8) is 0 Å². The monoisotopic (exact) mass is 335 g/mol. The van der Waals surface area contributed by atoms with Crippen molar-refractivity contribution in [3.05, 3.63) is 29.8 Å². The molecule has 23 heavy (non-hydrogen) atoms. The van der Waals surface area contributed by atoms with Crippen LogP contribution in [-0.2, 0) is 26.1 Å². The number of benzene rings is 1. The Morgan fingerprint density at radius 1 is 1.35 bits per heavy atom. The zero-order chi connectivity index (χ0) is 16.2. The summed E-state index contributed by atoms with van der Waals surface area (Å²) in [4.78, 5) is 12.5. The van der Waals surface area contributed by atoms with Gasteiger partial charge >= 0.3 is 0 Å². The number of anilines is 1. The zero-order valence-corrected chi connectivity index (χ0v) is 14.4. The fourth-order valence-corrected chi connectivity index (χ4v) is 5.02. The first-order valence-electron chi connectivity index (χ1n) is 8.39. The summed E-state index contributed by atoms with van der Waals surface area (Å²) >= 11 is 0. The van der Waals surface area contributed by atoms with Gasteiger partial charge in [-0.1, -0.05) is 18.6 Å². The van der Waals surface area contributed by atoms with Crippen LogP contribution in [0.3, 0.4) is 0 Å². The minimum atomic E-state index is -0.933. The first-order chi connectivity index (χ1) is 11.2. The predicted molar refractivity (Wildman–Crippen MR) is 92.6 cm³/mol. The van der Waals surface area contributed by atoms with Gasteiger partial charge in [-0.25, -0.2) is 0 Å². The Balaban J connectivity index is 1.57. The molecule has 2 aliphatic rings. The first kappa shape index (κ1) is 16.7. The van der Waals surface area contributed by atoms with Crippen LogP contribution >= 0.6 is 0 Å². The summed E-state index contributed by atoms with van der Waals surface area (Å²) in [5.74, 6) is 2.75. The maximum absolute atomic E-state index is 12.5. The highest BCUT2D eigenvalue weighted by Crippen LogP contribution is 2.48. The van der Waals surface area contributed by atoms with E-state index in [0.717, 1.165) is 23.6 Å². The van der Waals surface area contributed by atoms with Crippen LogP contribution in [0.2, 0.25) is 0 Å². The van der Waals surface area contributed by atoms with Gasteiger partial charge in [0.2, 0.25) is 5.91 Å². The number of hydrogen-bond acceptors (Lipinski definition) is 3. The third-order valence-electron chi connectivity index (χ3n) is 5.11. The molecule has 2 aliphatic carbocycles. The summed E-state index contributed by atoms with van der Waals surface area (Å²) < 4.78 is 16.9. The Morgan fingerprint density at radius 3 is 2.91 bits per heavy atom. The first-order valence-corrected chi connectivity index (χ1v) is 9.88. The average Bonchev–Trinajstić information content (AvgIpc) is 3.16. The molecule has 2 bridgehead atoms. The molecule has 0 unspecified atom stereocenters. The molecule has 0 radical (unpaired) electrons. The van der Waals surface area contributed by atoms with Crippen molar-refractivity contribution >= 4 is 22.4 Å². The van der Waals surface area contributed by atoms with E-state index in [-0.39, 0.29) is 11.8 Å². The standard InChI is InChI=1S/C18H25NO3S/c1-22-7-8-23(21)12-14-3-2-4-16(10-14)19-18(20)17-11-13-5-6-15(17)9-13/h2-4,10,13,15,17H,5-9,11-12H2,1H3,(H,19,20)/t13-,15-,17+,23+/m0/s1.